The zero-order valence-electron chi connectivity index (χ0n) is 11.1. The molecular formula is C14H21NO3. The Labute approximate surface area is 108 Å². The molecule has 4 nitrogen and oxygen atoms in total. The third kappa shape index (κ3) is 3.74. The van der Waals surface area contributed by atoms with Gasteiger partial charge in [-0.05, 0) is 26.0 Å². The molecule has 0 heterocycles. The molecule has 0 spiro atoms. The molecule has 2 atom stereocenters. The van der Waals surface area contributed by atoms with Gasteiger partial charge in [0.1, 0.15) is 5.75 Å². The van der Waals surface area contributed by atoms with Crippen LogP contribution in [0.1, 0.15) is 38.8 Å². The Balaban J connectivity index is 2.94. The quantitative estimate of drug-likeness (QED) is 0.782. The lowest BCUT2D eigenvalue weighted by molar-refractivity contribution is -0.144. The standard InChI is InChI=1S/C14H21NO3/c1-4-12(15-5-2)11-8-6-7-9-13(11)18-10(3)14(16)17/h6-10,12,15H,4-5H2,1-3H3,(H,16,17). The predicted octanol–water partition coefficient (Wildman–Crippen LogP) is 2.60. The lowest BCUT2D eigenvalue weighted by atomic mass is 10.0. The average molecular weight is 251 g/mol. The summed E-state index contributed by atoms with van der Waals surface area (Å²) in [6, 6.07) is 7.77. The zero-order valence-corrected chi connectivity index (χ0v) is 11.1. The van der Waals surface area contributed by atoms with Gasteiger partial charge >= 0.3 is 5.97 Å². The summed E-state index contributed by atoms with van der Waals surface area (Å²) in [4.78, 5) is 10.8. The molecule has 2 unspecified atom stereocenters. The second-order valence-electron chi connectivity index (χ2n) is 4.15. The first kappa shape index (κ1) is 14.5. The third-order valence-corrected chi connectivity index (χ3v) is 2.80. The SMILES string of the molecule is CCNC(CC)c1ccccc1OC(C)C(=O)O. The van der Waals surface area contributed by atoms with Crippen LogP contribution in [-0.4, -0.2) is 23.7 Å². The van der Waals surface area contributed by atoms with Gasteiger partial charge in [0.05, 0.1) is 0 Å². The third-order valence-electron chi connectivity index (χ3n) is 2.80. The highest BCUT2D eigenvalue weighted by molar-refractivity contribution is 5.72. The molecule has 0 aliphatic rings. The number of para-hydroxylation sites is 1. The van der Waals surface area contributed by atoms with Gasteiger partial charge in [-0.3, -0.25) is 0 Å². The Kier molecular flexibility index (Phi) is 5.65. The van der Waals surface area contributed by atoms with Crippen molar-refractivity contribution in [2.24, 2.45) is 0 Å². The molecule has 1 rings (SSSR count). The summed E-state index contributed by atoms with van der Waals surface area (Å²) in [5.74, 6) is -0.318. The first-order valence-electron chi connectivity index (χ1n) is 6.31. The van der Waals surface area contributed by atoms with E-state index < -0.39 is 12.1 Å². The normalized spacial score (nSPS) is 13.9. The average Bonchev–Trinajstić information content (AvgIpc) is 2.36. The smallest absolute Gasteiger partial charge is 0.344 e. The largest absolute Gasteiger partial charge is 0.479 e. The molecule has 4 heteroatoms. The lowest BCUT2D eigenvalue weighted by Crippen LogP contribution is -2.25. The highest BCUT2D eigenvalue weighted by Gasteiger charge is 2.18. The minimum absolute atomic E-state index is 0.187. The fraction of sp³-hybridized carbons (Fsp3) is 0.500. The second-order valence-corrected chi connectivity index (χ2v) is 4.15. The fourth-order valence-electron chi connectivity index (χ4n) is 1.84. The van der Waals surface area contributed by atoms with Crippen LogP contribution in [0.4, 0.5) is 0 Å². The molecule has 0 bridgehead atoms. The Morgan fingerprint density at radius 1 is 1.39 bits per heavy atom. The van der Waals surface area contributed by atoms with Crippen molar-refractivity contribution < 1.29 is 14.6 Å². The van der Waals surface area contributed by atoms with Gasteiger partial charge in [0.2, 0.25) is 0 Å². The highest BCUT2D eigenvalue weighted by atomic mass is 16.5. The molecular weight excluding hydrogens is 230 g/mol. The molecule has 0 saturated carbocycles. The molecule has 18 heavy (non-hydrogen) atoms. The minimum atomic E-state index is -0.957. The van der Waals surface area contributed by atoms with Gasteiger partial charge < -0.3 is 15.2 Å². The maximum atomic E-state index is 10.8. The van der Waals surface area contributed by atoms with Crippen molar-refractivity contribution in [3.63, 3.8) is 0 Å². The summed E-state index contributed by atoms with van der Waals surface area (Å²) in [5.41, 5.74) is 1.01. The monoisotopic (exact) mass is 251 g/mol. The Hall–Kier alpha value is -1.55. The van der Waals surface area contributed by atoms with E-state index in [0.717, 1.165) is 18.5 Å². The Bertz CT molecular complexity index is 392. The van der Waals surface area contributed by atoms with Gasteiger partial charge in [-0.15, -0.1) is 0 Å². The molecule has 1 aromatic rings. The van der Waals surface area contributed by atoms with Crippen molar-refractivity contribution in [3.8, 4) is 5.75 Å². The van der Waals surface area contributed by atoms with E-state index in [-0.39, 0.29) is 6.04 Å². The number of ether oxygens (including phenoxy) is 1. The number of carboxylic acids is 1. The number of carbonyl (C=O) groups is 1. The first-order valence-corrected chi connectivity index (χ1v) is 6.31. The molecule has 0 aliphatic carbocycles. The maximum absolute atomic E-state index is 10.8. The summed E-state index contributed by atoms with van der Waals surface area (Å²) < 4.78 is 5.50. The number of rotatable bonds is 7. The van der Waals surface area contributed by atoms with E-state index in [2.05, 4.69) is 12.2 Å². The van der Waals surface area contributed by atoms with Gasteiger partial charge in [0.15, 0.2) is 6.10 Å². The molecule has 0 aliphatic heterocycles. The number of aliphatic carboxylic acids is 1. The summed E-state index contributed by atoms with van der Waals surface area (Å²) in [7, 11) is 0. The maximum Gasteiger partial charge on any atom is 0.344 e. The summed E-state index contributed by atoms with van der Waals surface area (Å²) in [6.45, 7) is 6.53. The van der Waals surface area contributed by atoms with Gasteiger partial charge in [0, 0.05) is 11.6 Å². The van der Waals surface area contributed by atoms with Gasteiger partial charge in [-0.2, -0.15) is 0 Å². The van der Waals surface area contributed by atoms with Crippen LogP contribution < -0.4 is 10.1 Å². The van der Waals surface area contributed by atoms with Crippen LogP contribution >= 0.6 is 0 Å². The van der Waals surface area contributed by atoms with E-state index in [1.807, 2.05) is 31.2 Å². The first-order chi connectivity index (χ1) is 8.60. The van der Waals surface area contributed by atoms with Crippen LogP contribution in [0.3, 0.4) is 0 Å². The molecule has 0 fully saturated rings. The summed E-state index contributed by atoms with van der Waals surface area (Å²) in [6.07, 6.45) is 0.0839. The van der Waals surface area contributed by atoms with E-state index >= 15 is 0 Å². The number of hydrogen-bond donors (Lipinski definition) is 2. The fourth-order valence-corrected chi connectivity index (χ4v) is 1.84. The van der Waals surface area contributed by atoms with E-state index in [1.54, 1.807) is 0 Å². The lowest BCUT2D eigenvalue weighted by Gasteiger charge is -2.21. The molecule has 0 aromatic heterocycles. The van der Waals surface area contributed by atoms with Crippen LogP contribution in [0.2, 0.25) is 0 Å². The van der Waals surface area contributed by atoms with Crippen molar-refractivity contribution in [3.05, 3.63) is 29.8 Å². The Morgan fingerprint density at radius 3 is 2.61 bits per heavy atom. The van der Waals surface area contributed by atoms with Crippen molar-refractivity contribution in [2.45, 2.75) is 39.3 Å². The van der Waals surface area contributed by atoms with Crippen molar-refractivity contribution in [2.75, 3.05) is 6.54 Å². The molecule has 100 valence electrons. The number of hydrogen-bond acceptors (Lipinski definition) is 3. The number of benzene rings is 1. The van der Waals surface area contributed by atoms with Crippen LogP contribution in [0, 0.1) is 0 Å². The molecule has 1 aromatic carbocycles. The van der Waals surface area contributed by atoms with Crippen LogP contribution in [-0.2, 0) is 4.79 Å². The van der Waals surface area contributed by atoms with Crippen LogP contribution in [0.25, 0.3) is 0 Å². The van der Waals surface area contributed by atoms with Crippen molar-refractivity contribution >= 4 is 5.97 Å². The van der Waals surface area contributed by atoms with Crippen molar-refractivity contribution in [1.82, 2.24) is 5.32 Å². The number of nitrogens with one attached hydrogen (secondary N) is 1. The zero-order chi connectivity index (χ0) is 13.5. The predicted molar refractivity (Wildman–Crippen MR) is 70.9 cm³/mol. The molecule has 2 N–H and O–H groups in total. The molecule has 0 saturated heterocycles. The van der Waals surface area contributed by atoms with E-state index in [1.165, 1.54) is 6.92 Å². The minimum Gasteiger partial charge on any atom is -0.479 e. The second kappa shape index (κ2) is 7.01. The summed E-state index contributed by atoms with van der Waals surface area (Å²) in [5, 5.41) is 12.3. The van der Waals surface area contributed by atoms with Crippen LogP contribution in [0.5, 0.6) is 5.75 Å². The molecule has 0 amide bonds. The van der Waals surface area contributed by atoms with E-state index in [4.69, 9.17) is 9.84 Å². The van der Waals surface area contributed by atoms with Crippen LogP contribution in [0.15, 0.2) is 24.3 Å². The Morgan fingerprint density at radius 2 is 2.06 bits per heavy atom. The topological polar surface area (TPSA) is 58.6 Å². The van der Waals surface area contributed by atoms with Gasteiger partial charge in [-0.25, -0.2) is 4.79 Å². The van der Waals surface area contributed by atoms with Gasteiger partial charge in [0.25, 0.3) is 0 Å². The highest BCUT2D eigenvalue weighted by Crippen LogP contribution is 2.27. The summed E-state index contributed by atoms with van der Waals surface area (Å²) >= 11 is 0. The van der Waals surface area contributed by atoms with Gasteiger partial charge in [-0.1, -0.05) is 32.0 Å². The number of carboxylic acid groups (broad SMARTS) is 1. The van der Waals surface area contributed by atoms with E-state index in [9.17, 15) is 4.79 Å². The van der Waals surface area contributed by atoms with Crippen molar-refractivity contribution in [1.29, 1.82) is 0 Å². The van der Waals surface area contributed by atoms with E-state index in [0.29, 0.717) is 5.75 Å². The molecule has 0 radical (unpaired) electrons.